The molecular formula is C29H32N2O2. The van der Waals surface area contributed by atoms with Gasteiger partial charge in [0, 0.05) is 29.2 Å². The van der Waals surface area contributed by atoms with E-state index in [0.717, 1.165) is 22.4 Å². The molecule has 0 saturated carbocycles. The van der Waals surface area contributed by atoms with E-state index < -0.39 is 0 Å². The lowest BCUT2D eigenvalue weighted by Crippen LogP contribution is -2.34. The topological polar surface area (TPSA) is 58.0 Å². The van der Waals surface area contributed by atoms with Gasteiger partial charge in [-0.1, -0.05) is 39.8 Å². The standard InChI is InChI=1S/C29H32N2O2/c1-18-14-23-24(29(4,5)12-11-28(23,2)3)17-20(18)16-22-7-9-26(33-22)27(32)31-21-6-8-25-19(15-21)10-13-30-25/h6-10,13-15,17,30H,11-12,16H2,1-5H3,(H,31,32). The van der Waals surface area contributed by atoms with Crippen LogP contribution in [0.3, 0.4) is 0 Å². The number of aromatic nitrogens is 1. The van der Waals surface area contributed by atoms with Crippen LogP contribution in [0.1, 0.15) is 79.1 Å². The van der Waals surface area contributed by atoms with Gasteiger partial charge in [-0.15, -0.1) is 0 Å². The minimum Gasteiger partial charge on any atom is -0.456 e. The van der Waals surface area contributed by atoms with E-state index in [1.165, 1.54) is 35.1 Å². The van der Waals surface area contributed by atoms with Crippen molar-refractivity contribution in [2.75, 3.05) is 5.32 Å². The molecular weight excluding hydrogens is 408 g/mol. The fourth-order valence-corrected chi connectivity index (χ4v) is 5.06. The second kappa shape index (κ2) is 7.65. The lowest BCUT2D eigenvalue weighted by molar-refractivity contribution is 0.0995. The molecule has 1 aliphatic rings. The Hall–Kier alpha value is -3.27. The smallest absolute Gasteiger partial charge is 0.291 e. The first-order chi connectivity index (χ1) is 15.6. The van der Waals surface area contributed by atoms with Crippen LogP contribution in [0, 0.1) is 6.92 Å². The number of furan rings is 1. The number of carbonyl (C=O) groups excluding carboxylic acids is 1. The number of carbonyl (C=O) groups is 1. The largest absolute Gasteiger partial charge is 0.456 e. The second-order valence-corrected chi connectivity index (χ2v) is 10.8. The molecule has 2 aromatic carbocycles. The zero-order valence-electron chi connectivity index (χ0n) is 20.1. The molecule has 0 spiro atoms. The maximum absolute atomic E-state index is 12.8. The van der Waals surface area contributed by atoms with Crippen LogP contribution in [-0.2, 0) is 17.3 Å². The van der Waals surface area contributed by atoms with Gasteiger partial charge in [-0.05, 0) is 89.2 Å². The molecule has 33 heavy (non-hydrogen) atoms. The molecule has 1 aliphatic carbocycles. The summed E-state index contributed by atoms with van der Waals surface area (Å²) in [5.74, 6) is 0.898. The third-order valence-electron chi connectivity index (χ3n) is 7.37. The Bertz CT molecular complexity index is 1350. The molecule has 5 rings (SSSR count). The zero-order valence-corrected chi connectivity index (χ0v) is 20.1. The molecule has 0 saturated heterocycles. The number of hydrogen-bond donors (Lipinski definition) is 2. The summed E-state index contributed by atoms with van der Waals surface area (Å²) in [5.41, 5.74) is 7.62. The lowest BCUT2D eigenvalue weighted by atomic mass is 9.62. The predicted molar refractivity (Wildman–Crippen MR) is 134 cm³/mol. The van der Waals surface area contributed by atoms with Crippen molar-refractivity contribution in [3.63, 3.8) is 0 Å². The Morgan fingerprint density at radius 2 is 1.70 bits per heavy atom. The van der Waals surface area contributed by atoms with Crippen molar-refractivity contribution >= 4 is 22.5 Å². The summed E-state index contributed by atoms with van der Waals surface area (Å²) in [6, 6.07) is 16.2. The van der Waals surface area contributed by atoms with E-state index in [1.807, 2.05) is 36.5 Å². The summed E-state index contributed by atoms with van der Waals surface area (Å²) in [7, 11) is 0. The number of hydrogen-bond acceptors (Lipinski definition) is 2. The summed E-state index contributed by atoms with van der Waals surface area (Å²) < 4.78 is 5.97. The molecule has 2 heterocycles. The van der Waals surface area contributed by atoms with Crippen molar-refractivity contribution < 1.29 is 9.21 Å². The number of anilines is 1. The molecule has 2 aromatic heterocycles. The Labute approximate surface area is 195 Å². The van der Waals surface area contributed by atoms with E-state index in [1.54, 1.807) is 6.07 Å². The molecule has 170 valence electrons. The highest BCUT2D eigenvalue weighted by Gasteiger charge is 2.37. The van der Waals surface area contributed by atoms with E-state index in [2.05, 4.69) is 57.1 Å². The molecule has 0 aliphatic heterocycles. The van der Waals surface area contributed by atoms with Crippen molar-refractivity contribution in [2.45, 2.75) is 64.7 Å². The van der Waals surface area contributed by atoms with Gasteiger partial charge in [0.25, 0.3) is 5.91 Å². The third kappa shape index (κ3) is 3.99. The first-order valence-electron chi connectivity index (χ1n) is 11.7. The molecule has 1 amide bonds. The molecule has 4 nitrogen and oxygen atoms in total. The molecule has 0 radical (unpaired) electrons. The van der Waals surface area contributed by atoms with Gasteiger partial charge in [0.2, 0.25) is 0 Å². The number of aromatic amines is 1. The van der Waals surface area contributed by atoms with E-state index in [9.17, 15) is 4.79 Å². The molecule has 2 N–H and O–H groups in total. The van der Waals surface area contributed by atoms with Crippen molar-refractivity contribution in [3.05, 3.63) is 88.5 Å². The summed E-state index contributed by atoms with van der Waals surface area (Å²) in [6.45, 7) is 11.6. The van der Waals surface area contributed by atoms with Gasteiger partial charge in [0.1, 0.15) is 5.76 Å². The quantitative estimate of drug-likeness (QED) is 0.351. The van der Waals surface area contributed by atoms with E-state index >= 15 is 0 Å². The van der Waals surface area contributed by atoms with Gasteiger partial charge in [-0.25, -0.2) is 0 Å². The Kier molecular flexibility index (Phi) is 5.00. The highest BCUT2D eigenvalue weighted by atomic mass is 16.3. The fraction of sp³-hybridized carbons (Fsp3) is 0.345. The highest BCUT2D eigenvalue weighted by molar-refractivity contribution is 6.03. The highest BCUT2D eigenvalue weighted by Crippen LogP contribution is 2.46. The number of nitrogens with one attached hydrogen (secondary N) is 2. The van der Waals surface area contributed by atoms with Crippen LogP contribution in [0.2, 0.25) is 0 Å². The van der Waals surface area contributed by atoms with Crippen LogP contribution in [0.25, 0.3) is 10.9 Å². The maximum atomic E-state index is 12.8. The molecule has 0 unspecified atom stereocenters. The Morgan fingerprint density at radius 3 is 2.45 bits per heavy atom. The van der Waals surface area contributed by atoms with Crippen molar-refractivity contribution in [1.29, 1.82) is 0 Å². The first kappa shape index (κ1) is 21.6. The first-order valence-corrected chi connectivity index (χ1v) is 11.7. The average Bonchev–Trinajstić information content (AvgIpc) is 3.42. The van der Waals surface area contributed by atoms with Gasteiger partial charge in [-0.3, -0.25) is 4.79 Å². The predicted octanol–water partition coefficient (Wildman–Crippen LogP) is 7.26. The van der Waals surface area contributed by atoms with Crippen molar-refractivity contribution in [3.8, 4) is 0 Å². The fourth-order valence-electron chi connectivity index (χ4n) is 5.06. The number of fused-ring (bicyclic) bond motifs is 2. The van der Waals surface area contributed by atoms with E-state index in [-0.39, 0.29) is 16.7 Å². The van der Waals surface area contributed by atoms with Gasteiger partial charge in [-0.2, -0.15) is 0 Å². The molecule has 0 bridgehead atoms. The number of H-pyrrole nitrogens is 1. The normalized spacial score (nSPS) is 16.5. The van der Waals surface area contributed by atoms with Crippen molar-refractivity contribution in [1.82, 2.24) is 4.98 Å². The minimum absolute atomic E-state index is 0.169. The van der Waals surface area contributed by atoms with E-state index in [0.29, 0.717) is 12.2 Å². The Balaban J connectivity index is 1.37. The minimum atomic E-state index is -0.235. The van der Waals surface area contributed by atoms with Crippen LogP contribution in [0.4, 0.5) is 5.69 Å². The van der Waals surface area contributed by atoms with Gasteiger partial charge >= 0.3 is 0 Å². The third-order valence-corrected chi connectivity index (χ3v) is 7.37. The number of rotatable bonds is 4. The summed E-state index contributed by atoms with van der Waals surface area (Å²) in [4.78, 5) is 15.9. The van der Waals surface area contributed by atoms with Crippen molar-refractivity contribution in [2.24, 2.45) is 0 Å². The van der Waals surface area contributed by atoms with E-state index in [4.69, 9.17) is 4.42 Å². The second-order valence-electron chi connectivity index (χ2n) is 10.8. The summed E-state index contributed by atoms with van der Waals surface area (Å²) in [5, 5.41) is 4.00. The van der Waals surface area contributed by atoms with Crippen LogP contribution >= 0.6 is 0 Å². The van der Waals surface area contributed by atoms with Crippen LogP contribution in [0.5, 0.6) is 0 Å². The van der Waals surface area contributed by atoms with Gasteiger partial charge in [0.05, 0.1) is 0 Å². The Morgan fingerprint density at radius 1 is 0.970 bits per heavy atom. The maximum Gasteiger partial charge on any atom is 0.291 e. The zero-order chi connectivity index (χ0) is 23.4. The van der Waals surface area contributed by atoms with Crippen LogP contribution < -0.4 is 5.32 Å². The van der Waals surface area contributed by atoms with Crippen LogP contribution in [0.15, 0.2) is 59.1 Å². The summed E-state index contributed by atoms with van der Waals surface area (Å²) in [6.07, 6.45) is 4.96. The number of amides is 1. The molecule has 0 atom stereocenters. The van der Waals surface area contributed by atoms with Gasteiger partial charge in [0.15, 0.2) is 5.76 Å². The average molecular weight is 441 g/mol. The van der Waals surface area contributed by atoms with Gasteiger partial charge < -0.3 is 14.7 Å². The molecule has 4 heteroatoms. The molecule has 4 aromatic rings. The van der Waals surface area contributed by atoms with Crippen LogP contribution in [-0.4, -0.2) is 10.9 Å². The monoisotopic (exact) mass is 440 g/mol. The summed E-state index contributed by atoms with van der Waals surface area (Å²) >= 11 is 0. The number of aryl methyl sites for hydroxylation is 1. The lowest BCUT2D eigenvalue weighted by Gasteiger charge is -2.42. The molecule has 0 fully saturated rings. The number of benzene rings is 2. The SMILES string of the molecule is Cc1cc2c(cc1Cc1ccc(C(=O)Nc3ccc4[nH]ccc4c3)o1)C(C)(C)CCC2(C)C.